The van der Waals surface area contributed by atoms with Crippen molar-refractivity contribution >= 4 is 11.8 Å². The van der Waals surface area contributed by atoms with Crippen molar-refractivity contribution in [2.24, 2.45) is 5.92 Å². The molecule has 1 aromatic rings. The van der Waals surface area contributed by atoms with Gasteiger partial charge < -0.3 is 16.0 Å². The number of carbonyl (C=O) groups excluding carboxylic acids is 2. The van der Waals surface area contributed by atoms with E-state index in [0.29, 0.717) is 25.0 Å². The molecular formula is C22H29F6N3O2. The number of halogens is 6. The fourth-order valence-electron chi connectivity index (χ4n) is 3.70. The fraction of sp³-hybridized carbons (Fsp3) is 0.636. The van der Waals surface area contributed by atoms with Crippen molar-refractivity contribution < 1.29 is 35.9 Å². The van der Waals surface area contributed by atoms with E-state index in [1.54, 1.807) is 0 Å². The Morgan fingerprint density at radius 1 is 0.879 bits per heavy atom. The smallest absolute Gasteiger partial charge is 0.352 e. The van der Waals surface area contributed by atoms with E-state index in [9.17, 15) is 35.9 Å². The van der Waals surface area contributed by atoms with Crippen LogP contribution < -0.4 is 16.0 Å². The van der Waals surface area contributed by atoms with Gasteiger partial charge in [0.2, 0.25) is 5.91 Å². The maximum Gasteiger partial charge on any atom is 0.416 e. The van der Waals surface area contributed by atoms with Crippen LogP contribution in [0.25, 0.3) is 0 Å². The van der Waals surface area contributed by atoms with Gasteiger partial charge in [-0.15, -0.1) is 0 Å². The predicted molar refractivity (Wildman–Crippen MR) is 110 cm³/mol. The number of carbonyl (C=O) groups is 2. The van der Waals surface area contributed by atoms with E-state index in [4.69, 9.17) is 0 Å². The zero-order valence-corrected chi connectivity index (χ0v) is 18.7. The largest absolute Gasteiger partial charge is 0.416 e. The molecule has 0 heterocycles. The monoisotopic (exact) mass is 481 g/mol. The van der Waals surface area contributed by atoms with Crippen LogP contribution in [0.3, 0.4) is 0 Å². The van der Waals surface area contributed by atoms with Crippen LogP contribution in [0.15, 0.2) is 18.2 Å². The lowest BCUT2D eigenvalue weighted by Crippen LogP contribution is -2.47. The summed E-state index contributed by atoms with van der Waals surface area (Å²) >= 11 is 0. The normalized spacial score (nSPS) is 19.8. The molecule has 0 unspecified atom stereocenters. The second-order valence-electron chi connectivity index (χ2n) is 9.40. The van der Waals surface area contributed by atoms with Crippen LogP contribution in [-0.2, 0) is 17.1 Å². The Balaban J connectivity index is 1.88. The molecule has 33 heavy (non-hydrogen) atoms. The number of benzene rings is 1. The zero-order valence-electron chi connectivity index (χ0n) is 18.7. The maximum atomic E-state index is 13.0. The number of nitrogens with one attached hydrogen (secondary N) is 3. The molecule has 0 spiro atoms. The van der Waals surface area contributed by atoms with Gasteiger partial charge in [0.05, 0.1) is 17.7 Å². The Bertz CT molecular complexity index is 806. The number of amides is 2. The SMILES string of the molecule is CC(C)(C)NC(=O)CNC1CCC(CNC(=O)c2cc(C(F)(F)F)cc(C(F)(F)F)c2)CC1. The predicted octanol–water partition coefficient (Wildman–Crippen LogP) is 4.52. The highest BCUT2D eigenvalue weighted by Gasteiger charge is 2.37. The average Bonchev–Trinajstić information content (AvgIpc) is 2.68. The Morgan fingerprint density at radius 3 is 1.85 bits per heavy atom. The first-order valence-corrected chi connectivity index (χ1v) is 10.7. The van der Waals surface area contributed by atoms with Gasteiger partial charge >= 0.3 is 12.4 Å². The van der Waals surface area contributed by atoms with Gasteiger partial charge in [-0.25, -0.2) is 0 Å². The second kappa shape index (κ2) is 10.3. The summed E-state index contributed by atoms with van der Waals surface area (Å²) in [4.78, 5) is 24.2. The van der Waals surface area contributed by atoms with Crippen molar-refractivity contribution in [3.05, 3.63) is 34.9 Å². The number of hydrogen-bond donors (Lipinski definition) is 3. The molecule has 186 valence electrons. The average molecular weight is 481 g/mol. The highest BCUT2D eigenvalue weighted by molar-refractivity contribution is 5.94. The molecule has 2 amide bonds. The van der Waals surface area contributed by atoms with E-state index in [0.717, 1.165) is 12.8 Å². The molecule has 0 atom stereocenters. The van der Waals surface area contributed by atoms with E-state index in [2.05, 4.69) is 16.0 Å². The molecule has 1 aromatic carbocycles. The topological polar surface area (TPSA) is 70.2 Å². The third-order valence-corrected chi connectivity index (χ3v) is 5.31. The molecule has 2 rings (SSSR count). The molecule has 0 bridgehead atoms. The summed E-state index contributed by atoms with van der Waals surface area (Å²) in [7, 11) is 0. The Labute approximate surface area is 188 Å². The Hall–Kier alpha value is -2.30. The first kappa shape index (κ1) is 26.9. The molecule has 5 nitrogen and oxygen atoms in total. The van der Waals surface area contributed by atoms with Crippen molar-refractivity contribution in [2.45, 2.75) is 70.4 Å². The highest BCUT2D eigenvalue weighted by Crippen LogP contribution is 2.36. The molecule has 11 heteroatoms. The van der Waals surface area contributed by atoms with E-state index in [1.165, 1.54) is 0 Å². The number of hydrogen-bond acceptors (Lipinski definition) is 3. The fourth-order valence-corrected chi connectivity index (χ4v) is 3.70. The van der Waals surface area contributed by atoms with Crippen LogP contribution in [0.1, 0.15) is 67.9 Å². The number of rotatable bonds is 6. The molecule has 0 aliphatic heterocycles. The summed E-state index contributed by atoms with van der Waals surface area (Å²) < 4.78 is 77.9. The third kappa shape index (κ3) is 8.87. The van der Waals surface area contributed by atoms with Gasteiger partial charge in [0.15, 0.2) is 0 Å². The van der Waals surface area contributed by atoms with Gasteiger partial charge in [-0.05, 0) is 70.6 Å². The Morgan fingerprint density at radius 2 is 1.39 bits per heavy atom. The summed E-state index contributed by atoms with van der Waals surface area (Å²) in [5.41, 5.74) is -4.05. The lowest BCUT2D eigenvalue weighted by molar-refractivity contribution is -0.143. The van der Waals surface area contributed by atoms with Gasteiger partial charge in [0.1, 0.15) is 0 Å². The van der Waals surface area contributed by atoms with Gasteiger partial charge in [0, 0.05) is 23.7 Å². The van der Waals surface area contributed by atoms with Gasteiger partial charge in [-0.1, -0.05) is 0 Å². The van der Waals surface area contributed by atoms with E-state index >= 15 is 0 Å². The first-order valence-electron chi connectivity index (χ1n) is 10.7. The lowest BCUT2D eigenvalue weighted by atomic mass is 9.86. The van der Waals surface area contributed by atoms with Crippen LogP contribution in [0, 0.1) is 5.92 Å². The molecule has 1 aliphatic carbocycles. The second-order valence-corrected chi connectivity index (χ2v) is 9.40. The van der Waals surface area contributed by atoms with E-state index in [1.807, 2.05) is 20.8 Å². The maximum absolute atomic E-state index is 13.0. The zero-order chi connectivity index (χ0) is 25.0. The van der Waals surface area contributed by atoms with E-state index in [-0.39, 0.29) is 42.6 Å². The summed E-state index contributed by atoms with van der Waals surface area (Å²) in [6, 6.07) is 0.968. The summed E-state index contributed by atoms with van der Waals surface area (Å²) in [5, 5.41) is 8.49. The van der Waals surface area contributed by atoms with Crippen molar-refractivity contribution in [3.63, 3.8) is 0 Å². The van der Waals surface area contributed by atoms with Gasteiger partial charge in [0.25, 0.3) is 5.91 Å². The molecular weight excluding hydrogens is 452 g/mol. The third-order valence-electron chi connectivity index (χ3n) is 5.31. The lowest BCUT2D eigenvalue weighted by Gasteiger charge is -2.29. The van der Waals surface area contributed by atoms with Crippen LogP contribution >= 0.6 is 0 Å². The number of alkyl halides is 6. The Kier molecular flexibility index (Phi) is 8.42. The van der Waals surface area contributed by atoms with Gasteiger partial charge in [-0.2, -0.15) is 26.3 Å². The van der Waals surface area contributed by atoms with Crippen molar-refractivity contribution in [1.29, 1.82) is 0 Å². The summed E-state index contributed by atoms with van der Waals surface area (Å²) in [6.45, 7) is 5.98. The molecule has 1 aliphatic rings. The molecule has 3 N–H and O–H groups in total. The molecule has 1 saturated carbocycles. The minimum absolute atomic E-state index is 0.00713. The summed E-state index contributed by atoms with van der Waals surface area (Å²) in [6.07, 6.45) is -7.13. The van der Waals surface area contributed by atoms with Crippen molar-refractivity contribution in [3.8, 4) is 0 Å². The van der Waals surface area contributed by atoms with Crippen molar-refractivity contribution in [2.75, 3.05) is 13.1 Å². The van der Waals surface area contributed by atoms with Crippen molar-refractivity contribution in [1.82, 2.24) is 16.0 Å². The van der Waals surface area contributed by atoms with Crippen LogP contribution in [0.4, 0.5) is 26.3 Å². The minimum Gasteiger partial charge on any atom is -0.352 e. The van der Waals surface area contributed by atoms with Crippen LogP contribution in [0.2, 0.25) is 0 Å². The van der Waals surface area contributed by atoms with Crippen LogP contribution in [0.5, 0.6) is 0 Å². The standard InChI is InChI=1S/C22H29F6N3O2/c1-20(2,3)31-18(32)12-29-17-6-4-13(5-7-17)11-30-19(33)14-8-15(21(23,24)25)10-16(9-14)22(26,27)28/h8-10,13,17,29H,4-7,11-12H2,1-3H3,(H,30,33)(H,31,32). The molecule has 1 fully saturated rings. The minimum atomic E-state index is -5.01. The molecule has 0 radical (unpaired) electrons. The molecule has 0 saturated heterocycles. The quantitative estimate of drug-likeness (QED) is 0.524. The highest BCUT2D eigenvalue weighted by atomic mass is 19.4. The summed E-state index contributed by atoms with van der Waals surface area (Å²) in [5.74, 6) is -1.05. The van der Waals surface area contributed by atoms with Gasteiger partial charge in [-0.3, -0.25) is 9.59 Å². The van der Waals surface area contributed by atoms with Crippen LogP contribution in [-0.4, -0.2) is 36.5 Å². The van der Waals surface area contributed by atoms with E-state index < -0.39 is 35.0 Å². The first-order chi connectivity index (χ1) is 15.0. The molecule has 0 aromatic heterocycles.